The number of halogens is 6. The first-order valence-corrected chi connectivity index (χ1v) is 6.11. The molecule has 0 spiro atoms. The number of hydrogen-bond acceptors (Lipinski definition) is 1. The van der Waals surface area contributed by atoms with E-state index in [9.17, 15) is 22.0 Å². The van der Waals surface area contributed by atoms with Crippen molar-refractivity contribution in [1.29, 1.82) is 0 Å². The van der Waals surface area contributed by atoms with Crippen LogP contribution in [0.4, 0.5) is 27.6 Å². The van der Waals surface area contributed by atoms with Gasteiger partial charge in [0.2, 0.25) is 0 Å². The van der Waals surface area contributed by atoms with Crippen LogP contribution in [-0.2, 0) is 0 Å². The molecule has 0 radical (unpaired) electrons. The fourth-order valence-corrected chi connectivity index (χ4v) is 2.25. The molecule has 1 nitrogen and oxygen atoms in total. The Bertz CT molecular complexity index is 468. The van der Waals surface area contributed by atoms with Gasteiger partial charge in [0.25, 0.3) is 0 Å². The molecule has 1 aromatic rings. The summed E-state index contributed by atoms with van der Waals surface area (Å²) in [5.41, 5.74) is 0.00172. The number of rotatable bonds is 3. The second kappa shape index (κ2) is 5.15. The number of hydrogen-bond donors (Lipinski definition) is 1. The summed E-state index contributed by atoms with van der Waals surface area (Å²) >= 11 is 5.39. The van der Waals surface area contributed by atoms with Crippen LogP contribution < -0.4 is 5.32 Å². The molecule has 1 aliphatic rings. The Labute approximate surface area is 111 Å². The molecule has 0 bridgehead atoms. The van der Waals surface area contributed by atoms with Crippen molar-refractivity contribution in [3.63, 3.8) is 0 Å². The van der Waals surface area contributed by atoms with Gasteiger partial charge in [-0.15, -0.1) is 0 Å². The Balaban J connectivity index is 1.87. The first kappa shape index (κ1) is 14.4. The standard InChI is InChI=1S/C12H11ClF5N/c13-10-8(14)1-2-9(11(10)15)19-5-6-3-7(4-6)12(16,17)18/h1-2,6-7,19H,3-5H2. The van der Waals surface area contributed by atoms with Crippen molar-refractivity contribution >= 4 is 17.3 Å². The zero-order chi connectivity index (χ0) is 14.2. The second-order valence-electron chi connectivity index (χ2n) is 4.68. The Kier molecular flexibility index (Phi) is 3.90. The van der Waals surface area contributed by atoms with E-state index < -0.39 is 28.8 Å². The average Bonchev–Trinajstić information content (AvgIpc) is 2.25. The molecule has 1 N–H and O–H groups in total. The van der Waals surface area contributed by atoms with Crippen LogP contribution in [0, 0.1) is 23.5 Å². The third-order valence-corrected chi connectivity index (χ3v) is 3.66. The molecule has 0 atom stereocenters. The number of anilines is 1. The summed E-state index contributed by atoms with van der Waals surface area (Å²) in [6.07, 6.45) is -4.08. The minimum Gasteiger partial charge on any atom is -0.382 e. The topological polar surface area (TPSA) is 12.0 Å². The van der Waals surface area contributed by atoms with Crippen LogP contribution in [0.2, 0.25) is 5.02 Å². The number of benzene rings is 1. The largest absolute Gasteiger partial charge is 0.391 e. The van der Waals surface area contributed by atoms with Gasteiger partial charge in [0, 0.05) is 6.54 Å². The Morgan fingerprint density at radius 1 is 1.21 bits per heavy atom. The van der Waals surface area contributed by atoms with E-state index in [1.54, 1.807) is 0 Å². The summed E-state index contributed by atoms with van der Waals surface area (Å²) in [5, 5.41) is 2.04. The molecule has 106 valence electrons. The molecule has 0 unspecified atom stereocenters. The molecule has 2 rings (SSSR count). The summed E-state index contributed by atoms with van der Waals surface area (Å²) in [5.74, 6) is -3.21. The van der Waals surface area contributed by atoms with E-state index in [2.05, 4.69) is 5.32 Å². The molecule has 1 aromatic carbocycles. The van der Waals surface area contributed by atoms with Crippen molar-refractivity contribution in [2.75, 3.05) is 11.9 Å². The lowest BCUT2D eigenvalue weighted by molar-refractivity contribution is -0.203. The fraction of sp³-hybridized carbons (Fsp3) is 0.500. The molecule has 0 heterocycles. The summed E-state index contributed by atoms with van der Waals surface area (Å²) in [6, 6.07) is 2.18. The van der Waals surface area contributed by atoms with Gasteiger partial charge in [-0.3, -0.25) is 0 Å². The molecule has 7 heteroatoms. The predicted molar refractivity (Wildman–Crippen MR) is 62.1 cm³/mol. The zero-order valence-electron chi connectivity index (χ0n) is 9.70. The highest BCUT2D eigenvalue weighted by atomic mass is 35.5. The highest BCUT2D eigenvalue weighted by Gasteiger charge is 2.47. The summed E-state index contributed by atoms with van der Waals surface area (Å²) in [6.45, 7) is 0.214. The van der Waals surface area contributed by atoms with Crippen molar-refractivity contribution < 1.29 is 22.0 Å². The van der Waals surface area contributed by atoms with E-state index in [4.69, 9.17) is 11.6 Å². The van der Waals surface area contributed by atoms with Crippen molar-refractivity contribution in [2.24, 2.45) is 11.8 Å². The molecule has 1 saturated carbocycles. The highest BCUT2D eigenvalue weighted by Crippen LogP contribution is 2.44. The molecule has 19 heavy (non-hydrogen) atoms. The number of alkyl halides is 3. The lowest BCUT2D eigenvalue weighted by Crippen LogP contribution is -2.38. The maximum atomic E-state index is 13.5. The molecular weight excluding hydrogens is 289 g/mol. The quantitative estimate of drug-likeness (QED) is 0.634. The SMILES string of the molecule is Fc1ccc(NCC2CC(C(F)(F)F)C2)c(F)c1Cl. The second-order valence-corrected chi connectivity index (χ2v) is 5.06. The van der Waals surface area contributed by atoms with Crippen LogP contribution in [0.3, 0.4) is 0 Å². The molecule has 0 saturated heterocycles. The molecule has 1 aliphatic carbocycles. The van der Waals surface area contributed by atoms with Crippen LogP contribution in [0.1, 0.15) is 12.8 Å². The normalized spacial score (nSPS) is 23.1. The van der Waals surface area contributed by atoms with Gasteiger partial charge in [-0.2, -0.15) is 13.2 Å². The zero-order valence-corrected chi connectivity index (χ0v) is 10.5. The first-order chi connectivity index (χ1) is 8.79. The lowest BCUT2D eigenvalue weighted by Gasteiger charge is -2.36. The molecule has 1 fully saturated rings. The van der Waals surface area contributed by atoms with E-state index in [-0.39, 0.29) is 31.0 Å². The van der Waals surface area contributed by atoms with Gasteiger partial charge in [0.05, 0.1) is 11.6 Å². The first-order valence-electron chi connectivity index (χ1n) is 5.73. The Morgan fingerprint density at radius 2 is 1.84 bits per heavy atom. The van der Waals surface area contributed by atoms with Gasteiger partial charge in [0.15, 0.2) is 5.82 Å². The lowest BCUT2D eigenvalue weighted by atomic mass is 9.74. The van der Waals surface area contributed by atoms with Crippen LogP contribution in [0.25, 0.3) is 0 Å². The van der Waals surface area contributed by atoms with Crippen molar-refractivity contribution in [3.05, 3.63) is 28.8 Å². The summed E-state index contributed by atoms with van der Waals surface area (Å²) in [7, 11) is 0. The molecule has 0 aromatic heterocycles. The van der Waals surface area contributed by atoms with E-state index in [1.165, 1.54) is 6.07 Å². The van der Waals surface area contributed by atoms with Crippen LogP contribution >= 0.6 is 11.6 Å². The summed E-state index contributed by atoms with van der Waals surface area (Å²) < 4.78 is 63.2. The maximum Gasteiger partial charge on any atom is 0.391 e. The third kappa shape index (κ3) is 3.11. The van der Waals surface area contributed by atoms with Gasteiger partial charge < -0.3 is 5.32 Å². The van der Waals surface area contributed by atoms with E-state index in [0.717, 1.165) is 6.07 Å². The van der Waals surface area contributed by atoms with Gasteiger partial charge in [0.1, 0.15) is 10.8 Å². The summed E-state index contributed by atoms with van der Waals surface area (Å²) in [4.78, 5) is 0. The minimum absolute atomic E-state index is 0.00172. The van der Waals surface area contributed by atoms with Gasteiger partial charge >= 0.3 is 6.18 Å². The third-order valence-electron chi connectivity index (χ3n) is 3.31. The van der Waals surface area contributed by atoms with E-state index in [1.807, 2.05) is 0 Å². The maximum absolute atomic E-state index is 13.5. The molecule has 0 amide bonds. The average molecular weight is 300 g/mol. The molecule has 0 aliphatic heterocycles. The van der Waals surface area contributed by atoms with Crippen molar-refractivity contribution in [1.82, 2.24) is 0 Å². The smallest absolute Gasteiger partial charge is 0.382 e. The highest BCUT2D eigenvalue weighted by molar-refractivity contribution is 6.31. The Hall–Kier alpha value is -1.04. The van der Waals surface area contributed by atoms with Crippen LogP contribution in [0.15, 0.2) is 12.1 Å². The van der Waals surface area contributed by atoms with E-state index in [0.29, 0.717) is 0 Å². The fourth-order valence-electron chi connectivity index (χ4n) is 2.09. The Morgan fingerprint density at radius 3 is 2.42 bits per heavy atom. The van der Waals surface area contributed by atoms with Gasteiger partial charge in [-0.1, -0.05) is 11.6 Å². The van der Waals surface area contributed by atoms with Gasteiger partial charge in [-0.25, -0.2) is 8.78 Å². The van der Waals surface area contributed by atoms with Crippen LogP contribution in [0.5, 0.6) is 0 Å². The van der Waals surface area contributed by atoms with Crippen molar-refractivity contribution in [3.8, 4) is 0 Å². The molecular formula is C12H11ClF5N. The minimum atomic E-state index is -4.15. The van der Waals surface area contributed by atoms with Gasteiger partial charge in [-0.05, 0) is 30.9 Å². The monoisotopic (exact) mass is 299 g/mol. The van der Waals surface area contributed by atoms with Crippen LogP contribution in [-0.4, -0.2) is 12.7 Å². The number of nitrogens with one attached hydrogen (secondary N) is 1. The predicted octanol–water partition coefficient (Wildman–Crippen LogP) is 4.62. The van der Waals surface area contributed by atoms with E-state index >= 15 is 0 Å². The van der Waals surface area contributed by atoms with Crippen molar-refractivity contribution in [2.45, 2.75) is 19.0 Å².